The highest BCUT2D eigenvalue weighted by Gasteiger charge is 2.30. The molecule has 2 heteroatoms. The molecule has 1 nitrogen and oxygen atoms in total. The van der Waals surface area contributed by atoms with Gasteiger partial charge in [-0.2, -0.15) is 0 Å². The molecule has 0 heterocycles. The van der Waals surface area contributed by atoms with Gasteiger partial charge in [0, 0.05) is 10.5 Å². The van der Waals surface area contributed by atoms with Crippen LogP contribution in [0.25, 0.3) is 0 Å². The van der Waals surface area contributed by atoms with E-state index in [1.165, 1.54) is 55.1 Å². The molecule has 1 aromatic carbocycles. The Balaban J connectivity index is 1.64. The number of hydrogen-bond acceptors (Lipinski definition) is 1. The van der Waals surface area contributed by atoms with Crippen molar-refractivity contribution in [1.82, 2.24) is 5.32 Å². The molecular weight excluding hydrogens is 310 g/mol. The second kappa shape index (κ2) is 6.62. The van der Waals surface area contributed by atoms with E-state index in [4.69, 9.17) is 0 Å². The fourth-order valence-corrected chi connectivity index (χ4v) is 4.08. The summed E-state index contributed by atoms with van der Waals surface area (Å²) in [5.74, 6) is 2.63. The van der Waals surface area contributed by atoms with Crippen LogP contribution in [0.5, 0.6) is 0 Å². The topological polar surface area (TPSA) is 12.0 Å². The van der Waals surface area contributed by atoms with Crippen LogP contribution in [0.4, 0.5) is 0 Å². The molecule has 20 heavy (non-hydrogen) atoms. The number of benzene rings is 1. The predicted octanol–water partition coefficient (Wildman–Crippen LogP) is 4.80. The average Bonchev–Trinajstić information content (AvgIpc) is 3.25. The Morgan fingerprint density at radius 3 is 2.65 bits per heavy atom. The summed E-state index contributed by atoms with van der Waals surface area (Å²) in [5, 5.41) is 3.76. The summed E-state index contributed by atoms with van der Waals surface area (Å²) < 4.78 is 1.28. The summed E-state index contributed by atoms with van der Waals surface area (Å²) in [7, 11) is 0. The average molecular weight is 336 g/mol. The van der Waals surface area contributed by atoms with E-state index in [2.05, 4.69) is 52.4 Å². The minimum absolute atomic E-state index is 0.846. The Morgan fingerprint density at radius 2 is 1.90 bits per heavy atom. The van der Waals surface area contributed by atoms with Gasteiger partial charge in [-0.3, -0.25) is 0 Å². The van der Waals surface area contributed by atoms with E-state index in [-0.39, 0.29) is 0 Å². The fourth-order valence-electron chi connectivity index (χ4n) is 3.63. The molecule has 0 radical (unpaired) electrons. The molecule has 1 aromatic rings. The number of hydrogen-bond donors (Lipinski definition) is 1. The van der Waals surface area contributed by atoms with Gasteiger partial charge < -0.3 is 5.32 Å². The van der Waals surface area contributed by atoms with Crippen LogP contribution in [0.3, 0.4) is 0 Å². The lowest BCUT2D eigenvalue weighted by molar-refractivity contribution is 0.183. The molecule has 2 aliphatic carbocycles. The van der Waals surface area contributed by atoms with Crippen LogP contribution >= 0.6 is 15.9 Å². The number of rotatable bonds is 5. The van der Waals surface area contributed by atoms with Gasteiger partial charge in [0.15, 0.2) is 0 Å². The molecule has 3 rings (SSSR count). The first-order valence-electron chi connectivity index (χ1n) is 8.19. The summed E-state index contributed by atoms with van der Waals surface area (Å²) in [6.07, 6.45) is 8.27. The zero-order valence-electron chi connectivity index (χ0n) is 12.4. The molecule has 1 N–H and O–H groups in total. The monoisotopic (exact) mass is 335 g/mol. The Kier molecular flexibility index (Phi) is 4.83. The van der Waals surface area contributed by atoms with E-state index in [1.807, 2.05) is 0 Å². The second-order valence-corrected chi connectivity index (χ2v) is 7.77. The third-order valence-electron chi connectivity index (χ3n) is 5.09. The maximum atomic E-state index is 3.76. The van der Waals surface area contributed by atoms with Crippen molar-refractivity contribution in [1.29, 1.82) is 0 Å². The van der Waals surface area contributed by atoms with Gasteiger partial charge in [0.05, 0.1) is 0 Å². The minimum atomic E-state index is 0.846. The first-order chi connectivity index (χ1) is 9.72. The van der Waals surface area contributed by atoms with Crippen molar-refractivity contribution in [3.63, 3.8) is 0 Å². The number of halogens is 1. The summed E-state index contributed by atoms with van der Waals surface area (Å²) in [5.41, 5.74) is 1.49. The molecule has 0 aliphatic heterocycles. The van der Waals surface area contributed by atoms with Crippen LogP contribution in [0.1, 0.15) is 44.6 Å². The first kappa shape index (κ1) is 14.6. The zero-order chi connectivity index (χ0) is 13.9. The highest BCUT2D eigenvalue weighted by Crippen LogP contribution is 2.37. The van der Waals surface area contributed by atoms with Crippen molar-refractivity contribution in [3.8, 4) is 0 Å². The van der Waals surface area contributed by atoms with Gasteiger partial charge in [0.2, 0.25) is 0 Å². The zero-order valence-corrected chi connectivity index (χ0v) is 14.0. The summed E-state index contributed by atoms with van der Waals surface area (Å²) in [6, 6.07) is 9.60. The van der Waals surface area contributed by atoms with E-state index >= 15 is 0 Å². The molecule has 3 unspecified atom stereocenters. The van der Waals surface area contributed by atoms with E-state index in [0.29, 0.717) is 0 Å². The lowest BCUT2D eigenvalue weighted by Gasteiger charge is -2.35. The van der Waals surface area contributed by atoms with Gasteiger partial charge >= 0.3 is 0 Å². The minimum Gasteiger partial charge on any atom is -0.314 e. The molecule has 2 fully saturated rings. The van der Waals surface area contributed by atoms with E-state index in [9.17, 15) is 0 Å². The highest BCUT2D eigenvalue weighted by atomic mass is 79.9. The van der Waals surface area contributed by atoms with Gasteiger partial charge in [0.1, 0.15) is 0 Å². The molecule has 0 bridgehead atoms. The van der Waals surface area contributed by atoms with Crippen molar-refractivity contribution in [2.45, 2.75) is 51.5 Å². The molecule has 3 atom stereocenters. The lowest BCUT2D eigenvalue weighted by Crippen LogP contribution is -2.34. The smallest absolute Gasteiger partial charge is 0.0207 e. The van der Waals surface area contributed by atoms with E-state index < -0.39 is 0 Å². The van der Waals surface area contributed by atoms with E-state index in [1.54, 1.807) is 0 Å². The van der Waals surface area contributed by atoms with Crippen molar-refractivity contribution >= 4 is 15.9 Å². The second-order valence-electron chi connectivity index (χ2n) is 6.92. The SMILES string of the molecule is CC1CCC(CNC2CC2)C(Cc2ccccc2Br)C1. The van der Waals surface area contributed by atoms with Crippen LogP contribution in [-0.4, -0.2) is 12.6 Å². The van der Waals surface area contributed by atoms with Gasteiger partial charge in [-0.05, 0) is 68.0 Å². The standard InChI is InChI=1S/C18H26BrN/c1-13-6-7-15(12-20-17-8-9-17)16(10-13)11-14-4-2-3-5-18(14)19/h2-5,13,15-17,20H,6-12H2,1H3. The quantitative estimate of drug-likeness (QED) is 0.815. The predicted molar refractivity (Wildman–Crippen MR) is 88.9 cm³/mol. The third kappa shape index (κ3) is 3.85. The van der Waals surface area contributed by atoms with Gasteiger partial charge in [-0.25, -0.2) is 0 Å². The first-order valence-corrected chi connectivity index (χ1v) is 8.98. The summed E-state index contributed by atoms with van der Waals surface area (Å²) >= 11 is 3.71. The lowest BCUT2D eigenvalue weighted by atomic mass is 9.72. The largest absolute Gasteiger partial charge is 0.314 e. The Bertz CT molecular complexity index is 441. The van der Waals surface area contributed by atoms with Crippen molar-refractivity contribution in [2.24, 2.45) is 17.8 Å². The maximum Gasteiger partial charge on any atom is 0.0207 e. The molecular formula is C18H26BrN. The molecule has 110 valence electrons. The molecule has 0 amide bonds. The van der Waals surface area contributed by atoms with Crippen LogP contribution in [0, 0.1) is 17.8 Å². The molecule has 0 saturated heterocycles. The highest BCUT2D eigenvalue weighted by molar-refractivity contribution is 9.10. The molecule has 2 saturated carbocycles. The number of nitrogens with one attached hydrogen (secondary N) is 1. The van der Waals surface area contributed by atoms with Gasteiger partial charge in [-0.1, -0.05) is 47.5 Å². The van der Waals surface area contributed by atoms with Crippen molar-refractivity contribution < 1.29 is 0 Å². The molecule has 0 aromatic heterocycles. The van der Waals surface area contributed by atoms with E-state index in [0.717, 1.165) is 23.8 Å². The van der Waals surface area contributed by atoms with Crippen LogP contribution in [-0.2, 0) is 6.42 Å². The van der Waals surface area contributed by atoms with Crippen LogP contribution in [0.15, 0.2) is 28.7 Å². The Morgan fingerprint density at radius 1 is 1.10 bits per heavy atom. The van der Waals surface area contributed by atoms with Crippen LogP contribution in [0.2, 0.25) is 0 Å². The normalized spacial score (nSPS) is 30.4. The van der Waals surface area contributed by atoms with Crippen LogP contribution < -0.4 is 5.32 Å². The van der Waals surface area contributed by atoms with Gasteiger partial charge in [0.25, 0.3) is 0 Å². The fraction of sp³-hybridized carbons (Fsp3) is 0.667. The maximum absolute atomic E-state index is 3.76. The van der Waals surface area contributed by atoms with Crippen molar-refractivity contribution in [3.05, 3.63) is 34.3 Å². The Hall–Kier alpha value is -0.340. The summed E-state index contributed by atoms with van der Waals surface area (Å²) in [6.45, 7) is 3.67. The van der Waals surface area contributed by atoms with Gasteiger partial charge in [-0.15, -0.1) is 0 Å². The summed E-state index contributed by atoms with van der Waals surface area (Å²) in [4.78, 5) is 0. The molecule has 2 aliphatic rings. The molecule has 0 spiro atoms. The third-order valence-corrected chi connectivity index (χ3v) is 5.86. The Labute approximate surface area is 131 Å². The van der Waals surface area contributed by atoms with Crippen molar-refractivity contribution in [2.75, 3.05) is 6.54 Å².